The Morgan fingerprint density at radius 3 is 2.90 bits per heavy atom. The predicted octanol–water partition coefficient (Wildman–Crippen LogP) is 2.88. The van der Waals surface area contributed by atoms with Crippen molar-refractivity contribution < 1.29 is 4.79 Å². The van der Waals surface area contributed by atoms with E-state index in [2.05, 4.69) is 15.3 Å². The van der Waals surface area contributed by atoms with E-state index in [4.69, 9.17) is 0 Å². The Morgan fingerprint density at radius 2 is 2.24 bits per heavy atom. The topological polar surface area (TPSA) is 59.8 Å². The van der Waals surface area contributed by atoms with E-state index < -0.39 is 0 Å². The third kappa shape index (κ3) is 3.85. The van der Waals surface area contributed by atoms with Gasteiger partial charge in [0.05, 0.1) is 17.6 Å². The number of nitrogens with zero attached hydrogens (tertiary/aromatic N) is 3. The van der Waals surface area contributed by atoms with Gasteiger partial charge in [-0.15, -0.1) is 11.8 Å². The summed E-state index contributed by atoms with van der Waals surface area (Å²) in [6.07, 6.45) is 12.0. The average molecular weight is 302 g/mol. The fourth-order valence-corrected chi connectivity index (χ4v) is 3.58. The van der Waals surface area contributed by atoms with Crippen LogP contribution in [0.15, 0.2) is 37.1 Å². The molecule has 5 nitrogen and oxygen atoms in total. The van der Waals surface area contributed by atoms with E-state index in [0.29, 0.717) is 11.0 Å². The summed E-state index contributed by atoms with van der Waals surface area (Å²) in [6, 6.07) is 3.72. The molecule has 0 unspecified atom stereocenters. The molecule has 2 aromatic heterocycles. The van der Waals surface area contributed by atoms with E-state index in [0.717, 1.165) is 11.5 Å². The van der Waals surface area contributed by atoms with Crippen LogP contribution in [0, 0.1) is 0 Å². The Labute approximate surface area is 128 Å². The van der Waals surface area contributed by atoms with Crippen molar-refractivity contribution in [3.63, 3.8) is 0 Å². The zero-order chi connectivity index (χ0) is 14.5. The van der Waals surface area contributed by atoms with E-state index in [-0.39, 0.29) is 5.91 Å². The van der Waals surface area contributed by atoms with Gasteiger partial charge >= 0.3 is 0 Å². The van der Waals surface area contributed by atoms with Crippen LogP contribution in [0.1, 0.15) is 25.7 Å². The summed E-state index contributed by atoms with van der Waals surface area (Å²) < 4.78 is 1.82. The van der Waals surface area contributed by atoms with Gasteiger partial charge in [-0.3, -0.25) is 9.36 Å². The molecule has 1 fully saturated rings. The molecule has 0 spiro atoms. The molecule has 1 aliphatic rings. The highest BCUT2D eigenvalue weighted by Crippen LogP contribution is 2.29. The van der Waals surface area contributed by atoms with Gasteiger partial charge in [0.1, 0.15) is 12.1 Å². The number of carbonyl (C=O) groups is 1. The molecular formula is C15H18N4OS. The number of rotatable bonds is 5. The molecule has 3 rings (SSSR count). The van der Waals surface area contributed by atoms with E-state index in [1.807, 2.05) is 22.9 Å². The second-order valence-electron chi connectivity index (χ2n) is 5.14. The minimum Gasteiger partial charge on any atom is -0.324 e. The fourth-order valence-electron chi connectivity index (χ4n) is 2.45. The summed E-state index contributed by atoms with van der Waals surface area (Å²) in [5.41, 5.74) is 0.732. The highest BCUT2D eigenvalue weighted by atomic mass is 32.2. The van der Waals surface area contributed by atoms with Crippen molar-refractivity contribution >= 4 is 23.4 Å². The Morgan fingerprint density at radius 1 is 1.38 bits per heavy atom. The van der Waals surface area contributed by atoms with Gasteiger partial charge in [0.15, 0.2) is 0 Å². The lowest BCUT2D eigenvalue weighted by molar-refractivity contribution is -0.113. The molecule has 1 saturated carbocycles. The van der Waals surface area contributed by atoms with E-state index in [1.54, 1.807) is 30.5 Å². The zero-order valence-corrected chi connectivity index (χ0v) is 12.6. The third-order valence-corrected chi connectivity index (χ3v) is 4.92. The molecule has 6 heteroatoms. The number of nitrogens with one attached hydrogen (secondary N) is 1. The molecule has 0 aliphatic heterocycles. The number of hydrogen-bond donors (Lipinski definition) is 1. The minimum atomic E-state index is 0.0454. The number of hydrogen-bond acceptors (Lipinski definition) is 4. The van der Waals surface area contributed by atoms with Crippen molar-refractivity contribution in [2.45, 2.75) is 30.9 Å². The lowest BCUT2D eigenvalue weighted by atomic mass is 10.4. The molecular weight excluding hydrogens is 284 g/mol. The van der Waals surface area contributed by atoms with Gasteiger partial charge in [0.2, 0.25) is 5.91 Å². The molecule has 1 amide bonds. The number of amides is 1. The molecule has 0 saturated heterocycles. The Hall–Kier alpha value is -1.82. The van der Waals surface area contributed by atoms with Crippen molar-refractivity contribution in [3.8, 4) is 5.82 Å². The van der Waals surface area contributed by atoms with Gasteiger partial charge in [-0.25, -0.2) is 9.97 Å². The smallest absolute Gasteiger partial charge is 0.234 e. The zero-order valence-electron chi connectivity index (χ0n) is 11.7. The number of imidazole rings is 1. The van der Waals surface area contributed by atoms with Crippen LogP contribution >= 0.6 is 11.8 Å². The van der Waals surface area contributed by atoms with Gasteiger partial charge in [0.25, 0.3) is 0 Å². The van der Waals surface area contributed by atoms with E-state index >= 15 is 0 Å². The minimum absolute atomic E-state index is 0.0454. The van der Waals surface area contributed by atoms with E-state index in [1.165, 1.54) is 25.7 Å². The van der Waals surface area contributed by atoms with Gasteiger partial charge in [-0.05, 0) is 25.0 Å². The van der Waals surface area contributed by atoms with Gasteiger partial charge in [-0.2, -0.15) is 0 Å². The summed E-state index contributed by atoms with van der Waals surface area (Å²) in [7, 11) is 0. The first-order valence-corrected chi connectivity index (χ1v) is 8.22. The van der Waals surface area contributed by atoms with Crippen molar-refractivity contribution in [1.29, 1.82) is 0 Å². The average Bonchev–Trinajstić information content (AvgIpc) is 3.19. The predicted molar refractivity (Wildman–Crippen MR) is 84.7 cm³/mol. The normalized spacial score (nSPS) is 15.2. The second-order valence-corrected chi connectivity index (χ2v) is 6.43. The molecule has 110 valence electrons. The van der Waals surface area contributed by atoms with E-state index in [9.17, 15) is 4.79 Å². The van der Waals surface area contributed by atoms with Crippen molar-refractivity contribution in [1.82, 2.24) is 14.5 Å². The van der Waals surface area contributed by atoms with Crippen molar-refractivity contribution in [2.24, 2.45) is 0 Å². The van der Waals surface area contributed by atoms with Crippen LogP contribution in [0.3, 0.4) is 0 Å². The Bertz CT molecular complexity index is 576. The van der Waals surface area contributed by atoms with Crippen LogP contribution in [0.5, 0.6) is 0 Å². The first-order chi connectivity index (χ1) is 10.3. The van der Waals surface area contributed by atoms with Gasteiger partial charge in [0, 0.05) is 17.6 Å². The van der Waals surface area contributed by atoms with Crippen molar-refractivity contribution in [3.05, 3.63) is 37.1 Å². The largest absolute Gasteiger partial charge is 0.324 e. The van der Waals surface area contributed by atoms with Crippen molar-refractivity contribution in [2.75, 3.05) is 11.1 Å². The summed E-state index contributed by atoms with van der Waals surface area (Å²) in [6.45, 7) is 0. The molecule has 1 N–H and O–H groups in total. The van der Waals surface area contributed by atoms with Crippen LogP contribution in [0.4, 0.5) is 5.69 Å². The SMILES string of the molecule is O=C(CSC1CCCC1)Nc1ccc(-n2ccnc2)nc1. The maximum absolute atomic E-state index is 11.9. The number of carbonyl (C=O) groups excluding carboxylic acids is 1. The maximum Gasteiger partial charge on any atom is 0.234 e. The monoisotopic (exact) mass is 302 g/mol. The molecule has 2 aromatic rings. The summed E-state index contributed by atoms with van der Waals surface area (Å²) in [4.78, 5) is 20.2. The summed E-state index contributed by atoms with van der Waals surface area (Å²) in [5, 5.41) is 3.56. The quantitative estimate of drug-likeness (QED) is 0.922. The number of aromatic nitrogens is 3. The third-order valence-electron chi connectivity index (χ3n) is 3.55. The summed E-state index contributed by atoms with van der Waals surface area (Å²) in [5.74, 6) is 1.35. The van der Waals surface area contributed by atoms with Crippen LogP contribution in [-0.4, -0.2) is 31.4 Å². The Kier molecular flexibility index (Phi) is 4.55. The number of anilines is 1. The van der Waals surface area contributed by atoms with Crippen LogP contribution < -0.4 is 5.32 Å². The Balaban J connectivity index is 1.51. The fraction of sp³-hybridized carbons (Fsp3) is 0.400. The first-order valence-electron chi connectivity index (χ1n) is 7.17. The number of pyridine rings is 1. The molecule has 0 radical (unpaired) electrons. The summed E-state index contributed by atoms with van der Waals surface area (Å²) >= 11 is 1.77. The maximum atomic E-state index is 11.9. The number of thioether (sulfide) groups is 1. The highest BCUT2D eigenvalue weighted by Gasteiger charge is 2.16. The first kappa shape index (κ1) is 14.1. The van der Waals surface area contributed by atoms with Crippen LogP contribution in [0.25, 0.3) is 5.82 Å². The molecule has 21 heavy (non-hydrogen) atoms. The highest BCUT2D eigenvalue weighted by molar-refractivity contribution is 8.00. The molecule has 0 bridgehead atoms. The van der Waals surface area contributed by atoms with Gasteiger partial charge in [-0.1, -0.05) is 12.8 Å². The van der Waals surface area contributed by atoms with Crippen LogP contribution in [0.2, 0.25) is 0 Å². The van der Waals surface area contributed by atoms with Crippen LogP contribution in [-0.2, 0) is 4.79 Å². The van der Waals surface area contributed by atoms with Gasteiger partial charge < -0.3 is 5.32 Å². The second kappa shape index (κ2) is 6.76. The molecule has 0 aromatic carbocycles. The lowest BCUT2D eigenvalue weighted by Crippen LogP contribution is -2.16. The standard InChI is InChI=1S/C15H18N4OS/c20-15(10-21-13-3-1-2-4-13)18-12-5-6-14(17-9-12)19-8-7-16-11-19/h5-9,11,13H,1-4,10H2,(H,18,20). The lowest BCUT2D eigenvalue weighted by Gasteiger charge is -2.09. The molecule has 2 heterocycles. The molecule has 1 aliphatic carbocycles. The molecule has 0 atom stereocenters.